The van der Waals surface area contributed by atoms with E-state index in [4.69, 9.17) is 30.5 Å². The Labute approximate surface area is 258 Å². The maximum Gasteiger partial charge on any atom is 0.232 e. The van der Waals surface area contributed by atoms with Gasteiger partial charge in [-0.05, 0) is 98.2 Å². The lowest BCUT2D eigenvalue weighted by Crippen LogP contribution is -2.41. The number of ether oxygens (including phenoxy) is 4. The van der Waals surface area contributed by atoms with Gasteiger partial charge >= 0.3 is 0 Å². The van der Waals surface area contributed by atoms with E-state index in [-0.39, 0.29) is 24.3 Å². The highest BCUT2D eigenvalue weighted by molar-refractivity contribution is 6.30. The van der Waals surface area contributed by atoms with Gasteiger partial charge in [-0.3, -0.25) is 4.79 Å². The van der Waals surface area contributed by atoms with E-state index in [0.717, 1.165) is 40.8 Å². The number of fused-ring (bicyclic) bond motifs is 1. The van der Waals surface area contributed by atoms with Crippen molar-refractivity contribution in [2.75, 3.05) is 37.9 Å². The van der Waals surface area contributed by atoms with E-state index in [1.54, 1.807) is 0 Å². The van der Waals surface area contributed by atoms with E-state index in [9.17, 15) is 9.90 Å². The second-order valence-corrected chi connectivity index (χ2v) is 12.8. The molecule has 3 heterocycles. The molecule has 0 bridgehead atoms. The second-order valence-electron chi connectivity index (χ2n) is 12.4. The van der Waals surface area contributed by atoms with Gasteiger partial charge in [0.2, 0.25) is 5.91 Å². The minimum Gasteiger partial charge on any atom is -0.489 e. The van der Waals surface area contributed by atoms with Crippen LogP contribution >= 0.6 is 11.6 Å². The Kier molecular flexibility index (Phi) is 8.70. The van der Waals surface area contributed by atoms with E-state index in [0.29, 0.717) is 55.5 Å². The average Bonchev–Trinajstić information content (AvgIpc) is 2.97. The van der Waals surface area contributed by atoms with E-state index >= 15 is 0 Å². The van der Waals surface area contributed by atoms with Crippen LogP contribution in [0.3, 0.4) is 0 Å². The quantitative estimate of drug-likeness (QED) is 0.301. The molecule has 1 N–H and O–H groups in total. The van der Waals surface area contributed by atoms with E-state index in [2.05, 4.69) is 0 Å². The summed E-state index contributed by atoms with van der Waals surface area (Å²) in [5.41, 5.74) is 3.45. The molecular formula is C35H40ClNO6. The van der Waals surface area contributed by atoms with Crippen molar-refractivity contribution < 1.29 is 28.8 Å². The molecule has 2 fully saturated rings. The molecule has 0 aliphatic carbocycles. The Hall–Kier alpha value is -3.10. The third kappa shape index (κ3) is 6.27. The minimum atomic E-state index is -0.985. The smallest absolute Gasteiger partial charge is 0.232 e. The standard InChI is InChI=1S/C35H40ClNO6/c1-22(2)43-32-18-30-25(16-31(32)42-21-23-19-41-20-23)17-33(38)37(34(30)24-4-8-28(36)9-5-24)29-10-6-26(7-11-29)35(3,39)27-12-14-40-15-13-27/h4-11,16,18,22-23,27,34,39H,12-15,17,19-21H2,1-3H3. The van der Waals surface area contributed by atoms with Crippen LogP contribution in [-0.4, -0.2) is 50.2 Å². The second kappa shape index (κ2) is 12.5. The van der Waals surface area contributed by atoms with Crippen molar-refractivity contribution in [3.63, 3.8) is 0 Å². The van der Waals surface area contributed by atoms with Crippen LogP contribution in [0.15, 0.2) is 60.7 Å². The monoisotopic (exact) mass is 605 g/mol. The predicted octanol–water partition coefficient (Wildman–Crippen LogP) is 6.47. The first-order valence-corrected chi connectivity index (χ1v) is 15.6. The number of nitrogens with zero attached hydrogens (tertiary/aromatic N) is 1. The molecule has 43 heavy (non-hydrogen) atoms. The topological polar surface area (TPSA) is 77.5 Å². The van der Waals surface area contributed by atoms with Crippen LogP contribution in [0.25, 0.3) is 0 Å². The van der Waals surface area contributed by atoms with Gasteiger partial charge in [0.1, 0.15) is 0 Å². The fraction of sp³-hybridized carbons (Fsp3) is 0.457. The van der Waals surface area contributed by atoms with Crippen molar-refractivity contribution in [1.29, 1.82) is 0 Å². The molecule has 3 aliphatic heterocycles. The maximum absolute atomic E-state index is 14.0. The van der Waals surface area contributed by atoms with Gasteiger partial charge in [-0.15, -0.1) is 0 Å². The molecule has 0 saturated carbocycles. The summed E-state index contributed by atoms with van der Waals surface area (Å²) in [5.74, 6) is 1.76. The largest absolute Gasteiger partial charge is 0.489 e. The molecule has 6 rings (SSSR count). The van der Waals surface area contributed by atoms with Crippen molar-refractivity contribution in [3.05, 3.63) is 87.9 Å². The minimum absolute atomic E-state index is 0.0211. The lowest BCUT2D eigenvalue weighted by Gasteiger charge is -2.39. The van der Waals surface area contributed by atoms with Crippen LogP contribution in [0, 0.1) is 11.8 Å². The number of carbonyl (C=O) groups is 1. The molecule has 0 spiro atoms. The highest BCUT2D eigenvalue weighted by Gasteiger charge is 2.38. The lowest BCUT2D eigenvalue weighted by molar-refractivity contribution is -0.118. The summed E-state index contributed by atoms with van der Waals surface area (Å²) in [6, 6.07) is 19.0. The number of carbonyl (C=O) groups excluding carboxylic acids is 1. The molecule has 0 aromatic heterocycles. The zero-order chi connectivity index (χ0) is 30.1. The number of rotatable bonds is 9. The van der Waals surface area contributed by atoms with Crippen LogP contribution in [0.4, 0.5) is 5.69 Å². The zero-order valence-corrected chi connectivity index (χ0v) is 25.8. The van der Waals surface area contributed by atoms with Gasteiger partial charge in [0.15, 0.2) is 11.5 Å². The van der Waals surface area contributed by atoms with Gasteiger partial charge in [0, 0.05) is 29.8 Å². The summed E-state index contributed by atoms with van der Waals surface area (Å²) in [6.07, 6.45) is 1.80. The van der Waals surface area contributed by atoms with Gasteiger partial charge in [0.25, 0.3) is 0 Å². The van der Waals surface area contributed by atoms with Gasteiger partial charge < -0.3 is 29.0 Å². The average molecular weight is 606 g/mol. The molecule has 7 nitrogen and oxygen atoms in total. The van der Waals surface area contributed by atoms with Crippen molar-refractivity contribution in [2.24, 2.45) is 11.8 Å². The Bertz CT molecular complexity index is 1430. The fourth-order valence-electron chi connectivity index (χ4n) is 6.33. The van der Waals surface area contributed by atoms with E-state index in [1.807, 2.05) is 86.3 Å². The molecule has 2 saturated heterocycles. The summed E-state index contributed by atoms with van der Waals surface area (Å²) in [4.78, 5) is 15.8. The molecule has 0 radical (unpaired) electrons. The molecule has 3 aromatic rings. The number of anilines is 1. The third-order valence-electron chi connectivity index (χ3n) is 8.84. The third-order valence-corrected chi connectivity index (χ3v) is 9.10. The number of hydrogen-bond acceptors (Lipinski definition) is 6. The molecule has 2 unspecified atom stereocenters. The van der Waals surface area contributed by atoms with Gasteiger partial charge in [0.05, 0.1) is 44.0 Å². The Balaban J connectivity index is 1.39. The number of benzene rings is 3. The lowest BCUT2D eigenvalue weighted by atomic mass is 9.78. The van der Waals surface area contributed by atoms with Crippen LogP contribution in [0.5, 0.6) is 11.5 Å². The van der Waals surface area contributed by atoms with Crippen molar-refractivity contribution in [1.82, 2.24) is 0 Å². The highest BCUT2D eigenvalue weighted by Crippen LogP contribution is 2.45. The number of halogens is 1. The van der Waals surface area contributed by atoms with E-state index < -0.39 is 11.6 Å². The number of aliphatic hydroxyl groups is 1. The van der Waals surface area contributed by atoms with Crippen molar-refractivity contribution in [2.45, 2.75) is 57.8 Å². The molecule has 228 valence electrons. The molecule has 3 aromatic carbocycles. The summed E-state index contributed by atoms with van der Waals surface area (Å²) in [5, 5.41) is 12.1. The number of amides is 1. The van der Waals surface area contributed by atoms with Crippen LogP contribution in [-0.2, 0) is 26.3 Å². The normalized spacial score (nSPS) is 20.8. The SMILES string of the molecule is CC(C)Oc1cc2c(cc1OCC1COC1)CC(=O)N(c1ccc(C(C)(O)C3CCOCC3)cc1)C2c1ccc(Cl)cc1. The van der Waals surface area contributed by atoms with Crippen molar-refractivity contribution >= 4 is 23.2 Å². The van der Waals surface area contributed by atoms with Gasteiger partial charge in [-0.25, -0.2) is 0 Å². The molecule has 1 amide bonds. The predicted molar refractivity (Wildman–Crippen MR) is 166 cm³/mol. The maximum atomic E-state index is 14.0. The van der Waals surface area contributed by atoms with Crippen molar-refractivity contribution in [3.8, 4) is 11.5 Å². The van der Waals surface area contributed by atoms with E-state index in [1.165, 1.54) is 0 Å². The summed E-state index contributed by atoms with van der Waals surface area (Å²) in [6.45, 7) is 9.12. The number of hydrogen-bond donors (Lipinski definition) is 1. The highest BCUT2D eigenvalue weighted by atomic mass is 35.5. The molecule has 8 heteroatoms. The first kappa shape index (κ1) is 29.9. The first-order valence-electron chi connectivity index (χ1n) is 15.2. The zero-order valence-electron chi connectivity index (χ0n) is 25.1. The first-order chi connectivity index (χ1) is 20.7. The summed E-state index contributed by atoms with van der Waals surface area (Å²) < 4.78 is 23.3. The molecule has 2 atom stereocenters. The van der Waals surface area contributed by atoms with Crippen LogP contribution < -0.4 is 14.4 Å². The molecule has 3 aliphatic rings. The van der Waals surface area contributed by atoms with Gasteiger partial charge in [-0.1, -0.05) is 35.9 Å². The fourth-order valence-corrected chi connectivity index (χ4v) is 6.45. The molecular weight excluding hydrogens is 566 g/mol. The van der Waals surface area contributed by atoms with Crippen LogP contribution in [0.2, 0.25) is 5.02 Å². The Morgan fingerprint density at radius 2 is 1.70 bits per heavy atom. The summed E-state index contributed by atoms with van der Waals surface area (Å²) in [7, 11) is 0. The van der Waals surface area contributed by atoms with Gasteiger partial charge in [-0.2, -0.15) is 0 Å². The Morgan fingerprint density at radius 3 is 2.33 bits per heavy atom. The Morgan fingerprint density at radius 1 is 1.00 bits per heavy atom. The van der Waals surface area contributed by atoms with Crippen LogP contribution in [0.1, 0.15) is 61.9 Å². The summed E-state index contributed by atoms with van der Waals surface area (Å²) >= 11 is 6.28.